The fourth-order valence-corrected chi connectivity index (χ4v) is 2.64. The van der Waals surface area contributed by atoms with Gasteiger partial charge in [-0.1, -0.05) is 12.6 Å². The molecule has 1 aromatic carbocycles. The van der Waals surface area contributed by atoms with E-state index < -0.39 is 10.0 Å². The normalized spacial score (nSPS) is 11.8. The molecule has 1 aromatic rings. The average molecular weight is 280 g/mol. The van der Waals surface area contributed by atoms with Crippen molar-refractivity contribution in [3.8, 4) is 5.75 Å². The molecule has 0 radical (unpaired) electrons. The Morgan fingerprint density at radius 1 is 1.47 bits per heavy atom. The molecule has 0 aliphatic carbocycles. The fourth-order valence-electron chi connectivity index (χ4n) is 1.43. The summed E-state index contributed by atoms with van der Waals surface area (Å²) < 4.78 is 31.9. The van der Waals surface area contributed by atoms with E-state index >= 15 is 0 Å². The molecule has 0 bridgehead atoms. The van der Waals surface area contributed by atoms with Crippen LogP contribution in [0.5, 0.6) is 5.75 Å². The Morgan fingerprint density at radius 3 is 2.68 bits per heavy atom. The third kappa shape index (κ3) is 3.69. The first-order valence-electron chi connectivity index (χ1n) is 5.40. The van der Waals surface area contributed by atoms with Crippen LogP contribution in [-0.2, 0) is 10.0 Å². The molecule has 0 unspecified atom stereocenters. The van der Waals surface area contributed by atoms with Gasteiger partial charge < -0.3 is 4.74 Å². The minimum absolute atomic E-state index is 0.0532. The van der Waals surface area contributed by atoms with Crippen molar-refractivity contribution in [2.75, 3.05) is 7.11 Å². The molecule has 6 heteroatoms. The van der Waals surface area contributed by atoms with Crippen LogP contribution in [0.15, 0.2) is 52.6 Å². The smallest absolute Gasteiger partial charge is 0.265 e. The number of ether oxygens (including phenoxy) is 1. The molecule has 0 aliphatic rings. The molecule has 0 heterocycles. The number of sulfonamides is 1. The molecule has 5 nitrogen and oxygen atoms in total. The van der Waals surface area contributed by atoms with E-state index in [4.69, 9.17) is 4.74 Å². The van der Waals surface area contributed by atoms with E-state index in [1.807, 2.05) is 6.92 Å². The standard InChI is InChI=1S/C13H16N2O3S/c1-5-11(9-14-3)15-19(16,17)13-7-6-10(2)8-12(13)18-4/h5-9,15H,1,3H2,2,4H3/b11-9+. The van der Waals surface area contributed by atoms with Crippen molar-refractivity contribution in [2.24, 2.45) is 4.99 Å². The van der Waals surface area contributed by atoms with Crippen LogP contribution in [0.1, 0.15) is 5.56 Å². The molecule has 1 rings (SSSR count). The molecular formula is C13H16N2O3S. The second kappa shape index (κ2) is 6.19. The highest BCUT2D eigenvalue weighted by Gasteiger charge is 2.19. The first kappa shape index (κ1) is 15.0. The zero-order valence-electron chi connectivity index (χ0n) is 10.9. The number of nitrogens with zero attached hydrogens (tertiary/aromatic N) is 1. The molecule has 102 valence electrons. The number of methoxy groups -OCH3 is 1. The Kier molecular flexibility index (Phi) is 4.88. The highest BCUT2D eigenvalue weighted by atomic mass is 32.2. The van der Waals surface area contributed by atoms with Crippen LogP contribution in [-0.4, -0.2) is 22.2 Å². The first-order valence-corrected chi connectivity index (χ1v) is 6.89. The lowest BCUT2D eigenvalue weighted by molar-refractivity contribution is 0.402. The quantitative estimate of drug-likeness (QED) is 0.640. The minimum Gasteiger partial charge on any atom is -0.495 e. The van der Waals surface area contributed by atoms with Gasteiger partial charge in [0.1, 0.15) is 10.6 Å². The Bertz CT molecular complexity index is 619. The van der Waals surface area contributed by atoms with Crippen molar-refractivity contribution in [3.63, 3.8) is 0 Å². The summed E-state index contributed by atoms with van der Waals surface area (Å²) in [5, 5.41) is 0. The van der Waals surface area contributed by atoms with Crippen LogP contribution in [0, 0.1) is 6.92 Å². The Balaban J connectivity index is 3.24. The van der Waals surface area contributed by atoms with Crippen LogP contribution in [0.25, 0.3) is 0 Å². The molecule has 19 heavy (non-hydrogen) atoms. The van der Waals surface area contributed by atoms with Crippen molar-refractivity contribution < 1.29 is 13.2 Å². The molecule has 0 spiro atoms. The molecule has 0 aliphatic heterocycles. The molecule has 0 amide bonds. The number of allylic oxidation sites excluding steroid dienone is 1. The number of nitrogens with one attached hydrogen (secondary N) is 1. The average Bonchev–Trinajstić information content (AvgIpc) is 2.37. The molecule has 0 saturated carbocycles. The van der Waals surface area contributed by atoms with Crippen LogP contribution in [0.4, 0.5) is 0 Å². The monoisotopic (exact) mass is 280 g/mol. The summed E-state index contributed by atoms with van der Waals surface area (Å²) in [4.78, 5) is 3.55. The van der Waals surface area contributed by atoms with Crippen molar-refractivity contribution >= 4 is 16.7 Å². The summed E-state index contributed by atoms with van der Waals surface area (Å²) in [6.07, 6.45) is 2.61. The number of aliphatic imine (C=N–C) groups is 1. The van der Waals surface area contributed by atoms with Crippen molar-refractivity contribution in [1.29, 1.82) is 0 Å². The Morgan fingerprint density at radius 2 is 2.16 bits per heavy atom. The lowest BCUT2D eigenvalue weighted by atomic mass is 10.2. The molecule has 0 fully saturated rings. The number of aryl methyl sites for hydroxylation is 1. The summed E-state index contributed by atoms with van der Waals surface area (Å²) >= 11 is 0. The van der Waals surface area contributed by atoms with E-state index in [1.54, 1.807) is 12.1 Å². The van der Waals surface area contributed by atoms with Gasteiger partial charge in [-0.3, -0.25) is 9.71 Å². The Labute approximate surface area is 113 Å². The summed E-state index contributed by atoms with van der Waals surface area (Å²) in [6, 6.07) is 4.83. The van der Waals surface area contributed by atoms with Gasteiger partial charge in [-0.15, -0.1) is 0 Å². The van der Waals surface area contributed by atoms with E-state index in [0.29, 0.717) is 0 Å². The molecule has 1 N–H and O–H groups in total. The maximum Gasteiger partial charge on any atom is 0.265 e. The van der Waals surface area contributed by atoms with Gasteiger partial charge in [0.15, 0.2) is 0 Å². The molecule has 0 saturated heterocycles. The summed E-state index contributed by atoms with van der Waals surface area (Å²) in [5.41, 5.74) is 1.14. The van der Waals surface area contributed by atoms with Gasteiger partial charge in [-0.2, -0.15) is 0 Å². The summed E-state index contributed by atoms with van der Waals surface area (Å²) in [6.45, 7) is 8.61. The molecular weight excluding hydrogens is 264 g/mol. The van der Waals surface area contributed by atoms with Gasteiger partial charge in [-0.05, 0) is 37.4 Å². The maximum absolute atomic E-state index is 12.2. The fraction of sp³-hybridized carbons (Fsp3) is 0.154. The highest BCUT2D eigenvalue weighted by Crippen LogP contribution is 2.25. The predicted octanol–water partition coefficient (Wildman–Crippen LogP) is 2.01. The van der Waals surface area contributed by atoms with Crippen molar-refractivity contribution in [1.82, 2.24) is 4.72 Å². The topological polar surface area (TPSA) is 67.8 Å². The van der Waals surface area contributed by atoms with Gasteiger partial charge in [-0.25, -0.2) is 8.42 Å². The van der Waals surface area contributed by atoms with E-state index in [0.717, 1.165) is 5.56 Å². The number of hydrogen-bond acceptors (Lipinski definition) is 4. The number of hydrogen-bond donors (Lipinski definition) is 1. The lowest BCUT2D eigenvalue weighted by Crippen LogP contribution is -2.22. The van der Waals surface area contributed by atoms with Crippen LogP contribution in [0.3, 0.4) is 0 Å². The van der Waals surface area contributed by atoms with Crippen molar-refractivity contribution in [3.05, 3.63) is 48.3 Å². The largest absolute Gasteiger partial charge is 0.495 e. The number of rotatable bonds is 6. The van der Waals surface area contributed by atoms with Gasteiger partial charge >= 0.3 is 0 Å². The highest BCUT2D eigenvalue weighted by molar-refractivity contribution is 7.89. The van der Waals surface area contributed by atoms with Crippen LogP contribution >= 0.6 is 0 Å². The van der Waals surface area contributed by atoms with Gasteiger partial charge in [0, 0.05) is 0 Å². The summed E-state index contributed by atoms with van der Waals surface area (Å²) in [7, 11) is -2.34. The molecule has 0 aromatic heterocycles. The van der Waals surface area contributed by atoms with Crippen molar-refractivity contribution in [2.45, 2.75) is 11.8 Å². The minimum atomic E-state index is -3.76. The predicted molar refractivity (Wildman–Crippen MR) is 75.9 cm³/mol. The zero-order valence-corrected chi connectivity index (χ0v) is 11.7. The Hall–Kier alpha value is -2.08. The van der Waals surface area contributed by atoms with E-state index in [2.05, 4.69) is 23.0 Å². The van der Waals surface area contributed by atoms with Crippen LogP contribution in [0.2, 0.25) is 0 Å². The zero-order chi connectivity index (χ0) is 14.5. The third-order valence-electron chi connectivity index (χ3n) is 2.31. The van der Waals surface area contributed by atoms with Crippen LogP contribution < -0.4 is 9.46 Å². The second-order valence-corrected chi connectivity index (χ2v) is 5.38. The molecule has 0 atom stereocenters. The van der Waals surface area contributed by atoms with E-state index in [9.17, 15) is 8.42 Å². The van der Waals surface area contributed by atoms with Gasteiger partial charge in [0.2, 0.25) is 0 Å². The van der Waals surface area contributed by atoms with E-state index in [1.165, 1.54) is 25.5 Å². The first-order chi connectivity index (χ1) is 8.94. The van der Waals surface area contributed by atoms with Gasteiger partial charge in [0.25, 0.3) is 10.0 Å². The number of benzene rings is 1. The van der Waals surface area contributed by atoms with Gasteiger partial charge in [0.05, 0.1) is 19.0 Å². The maximum atomic E-state index is 12.2. The third-order valence-corrected chi connectivity index (χ3v) is 3.73. The SMILES string of the molecule is C=C/C(=C\N=C)NS(=O)(=O)c1ccc(C)cc1OC. The second-order valence-electron chi connectivity index (χ2n) is 3.73. The van der Waals surface area contributed by atoms with E-state index in [-0.39, 0.29) is 16.3 Å². The lowest BCUT2D eigenvalue weighted by Gasteiger charge is -2.12. The summed E-state index contributed by atoms with van der Waals surface area (Å²) in [5.74, 6) is 0.280.